The van der Waals surface area contributed by atoms with Crippen molar-refractivity contribution in [1.29, 1.82) is 0 Å². The Kier molecular flexibility index (Phi) is 5.17. The van der Waals surface area contributed by atoms with Crippen LogP contribution in [-0.2, 0) is 17.8 Å². The average molecular weight is 420 g/mol. The van der Waals surface area contributed by atoms with Crippen molar-refractivity contribution in [2.75, 3.05) is 10.2 Å². The molecule has 156 valence electrons. The van der Waals surface area contributed by atoms with Crippen molar-refractivity contribution < 1.29 is 9.59 Å². The molecule has 0 aliphatic carbocycles. The highest BCUT2D eigenvalue weighted by atomic mass is 16.2. The molecule has 6 heteroatoms. The van der Waals surface area contributed by atoms with Crippen LogP contribution in [0.1, 0.15) is 21.5 Å². The first-order valence-electron chi connectivity index (χ1n) is 10.3. The summed E-state index contributed by atoms with van der Waals surface area (Å²) in [4.78, 5) is 35.8. The van der Waals surface area contributed by atoms with Gasteiger partial charge in [-0.05, 0) is 58.7 Å². The van der Waals surface area contributed by atoms with E-state index in [1.807, 2.05) is 54.6 Å². The van der Waals surface area contributed by atoms with Gasteiger partial charge in [0.15, 0.2) is 0 Å². The van der Waals surface area contributed by atoms with Crippen molar-refractivity contribution >= 4 is 23.2 Å². The lowest BCUT2D eigenvalue weighted by atomic mass is 10.1. The van der Waals surface area contributed by atoms with Gasteiger partial charge < -0.3 is 10.2 Å². The Balaban J connectivity index is 1.39. The molecule has 1 N–H and O–H groups in total. The lowest BCUT2D eigenvalue weighted by Gasteiger charge is -2.17. The zero-order valence-corrected chi connectivity index (χ0v) is 17.2. The molecule has 0 bridgehead atoms. The average Bonchev–Trinajstić information content (AvgIpc) is 3.18. The smallest absolute Gasteiger partial charge is 0.261 e. The Morgan fingerprint density at radius 1 is 0.906 bits per heavy atom. The molecule has 32 heavy (non-hydrogen) atoms. The van der Waals surface area contributed by atoms with Gasteiger partial charge in [-0.25, -0.2) is 0 Å². The van der Waals surface area contributed by atoms with Gasteiger partial charge in [0.2, 0.25) is 5.91 Å². The fourth-order valence-corrected chi connectivity index (χ4v) is 3.95. The Morgan fingerprint density at radius 2 is 1.75 bits per heavy atom. The lowest BCUT2D eigenvalue weighted by Crippen LogP contribution is -2.24. The predicted molar refractivity (Wildman–Crippen MR) is 123 cm³/mol. The van der Waals surface area contributed by atoms with Crippen LogP contribution in [0.4, 0.5) is 11.4 Å². The molecule has 0 spiro atoms. The van der Waals surface area contributed by atoms with E-state index in [9.17, 15) is 9.59 Å². The number of pyridine rings is 2. The highest BCUT2D eigenvalue weighted by Gasteiger charge is 2.31. The van der Waals surface area contributed by atoms with E-state index in [-0.39, 0.29) is 18.2 Å². The van der Waals surface area contributed by atoms with Crippen molar-refractivity contribution in [2.24, 2.45) is 0 Å². The number of fused-ring (bicyclic) bond motifs is 1. The van der Waals surface area contributed by atoms with Crippen molar-refractivity contribution in [2.45, 2.75) is 13.0 Å². The standard InChI is InChI=1S/C26H20N4O2/c31-24(14-18-4-3-11-28-16-18)29-23-8-2-6-21-17-30(26(32)25(21)23)22-7-1-5-20(15-22)19-9-12-27-13-10-19/h1-13,15-16H,14,17H2,(H,29,31). The monoisotopic (exact) mass is 420 g/mol. The van der Waals surface area contributed by atoms with Gasteiger partial charge in [0.1, 0.15) is 0 Å². The second-order valence-corrected chi connectivity index (χ2v) is 7.60. The van der Waals surface area contributed by atoms with Gasteiger partial charge in [0, 0.05) is 30.5 Å². The Labute approximate surface area is 185 Å². The Bertz CT molecular complexity index is 1290. The van der Waals surface area contributed by atoms with Crippen molar-refractivity contribution in [1.82, 2.24) is 9.97 Å². The normalized spacial score (nSPS) is 12.5. The van der Waals surface area contributed by atoms with Gasteiger partial charge >= 0.3 is 0 Å². The van der Waals surface area contributed by atoms with Crippen LogP contribution in [0, 0.1) is 0 Å². The van der Waals surface area contributed by atoms with Crippen LogP contribution < -0.4 is 10.2 Å². The van der Waals surface area contributed by atoms with Gasteiger partial charge in [0.25, 0.3) is 5.91 Å². The summed E-state index contributed by atoms with van der Waals surface area (Å²) < 4.78 is 0. The third-order valence-corrected chi connectivity index (χ3v) is 5.47. The van der Waals surface area contributed by atoms with Gasteiger partial charge in [-0.15, -0.1) is 0 Å². The predicted octanol–water partition coefficient (Wildman–Crippen LogP) is 4.49. The van der Waals surface area contributed by atoms with Gasteiger partial charge in [-0.1, -0.05) is 30.3 Å². The summed E-state index contributed by atoms with van der Waals surface area (Å²) in [5, 5.41) is 2.91. The molecule has 1 aliphatic heterocycles. The molecule has 1 aliphatic rings. The third kappa shape index (κ3) is 3.86. The van der Waals surface area contributed by atoms with Crippen molar-refractivity contribution in [3.05, 3.63) is 108 Å². The molecular formula is C26H20N4O2. The van der Waals surface area contributed by atoms with E-state index in [1.165, 1.54) is 0 Å². The molecule has 0 radical (unpaired) electrons. The summed E-state index contributed by atoms with van der Waals surface area (Å²) in [5.41, 5.74) is 5.65. The molecule has 0 atom stereocenters. The number of carbonyl (C=O) groups is 2. The van der Waals surface area contributed by atoms with E-state index < -0.39 is 0 Å². The molecule has 0 unspecified atom stereocenters. The molecule has 2 amide bonds. The maximum atomic E-state index is 13.4. The number of hydrogen-bond donors (Lipinski definition) is 1. The first-order valence-corrected chi connectivity index (χ1v) is 10.3. The molecule has 2 aromatic heterocycles. The Hall–Kier alpha value is -4.32. The summed E-state index contributed by atoms with van der Waals surface area (Å²) in [7, 11) is 0. The number of nitrogens with zero attached hydrogens (tertiary/aromatic N) is 3. The number of rotatable bonds is 5. The maximum Gasteiger partial charge on any atom is 0.261 e. The van der Waals surface area contributed by atoms with Crippen LogP contribution in [0.3, 0.4) is 0 Å². The van der Waals surface area contributed by atoms with E-state index in [4.69, 9.17) is 0 Å². The van der Waals surface area contributed by atoms with Crippen LogP contribution in [0.2, 0.25) is 0 Å². The molecule has 2 aromatic carbocycles. The topological polar surface area (TPSA) is 75.2 Å². The number of anilines is 2. The van der Waals surface area contributed by atoms with Gasteiger partial charge in [0.05, 0.1) is 24.2 Å². The van der Waals surface area contributed by atoms with Gasteiger partial charge in [-0.3, -0.25) is 19.6 Å². The molecule has 3 heterocycles. The maximum absolute atomic E-state index is 13.4. The fourth-order valence-electron chi connectivity index (χ4n) is 3.95. The van der Waals surface area contributed by atoms with Crippen LogP contribution >= 0.6 is 0 Å². The number of aromatic nitrogens is 2. The molecule has 0 saturated heterocycles. The highest BCUT2D eigenvalue weighted by molar-refractivity contribution is 6.15. The summed E-state index contributed by atoms with van der Waals surface area (Å²) in [5.74, 6) is -0.304. The largest absolute Gasteiger partial charge is 0.325 e. The van der Waals surface area contributed by atoms with E-state index in [0.29, 0.717) is 17.8 Å². The van der Waals surface area contributed by atoms with Crippen LogP contribution in [0.25, 0.3) is 11.1 Å². The van der Waals surface area contributed by atoms with E-state index in [1.54, 1.807) is 41.8 Å². The second-order valence-electron chi connectivity index (χ2n) is 7.60. The number of nitrogens with one attached hydrogen (secondary N) is 1. The number of amides is 2. The highest BCUT2D eigenvalue weighted by Crippen LogP contribution is 2.34. The minimum absolute atomic E-state index is 0.121. The first kappa shape index (κ1) is 19.6. The Morgan fingerprint density at radius 3 is 2.56 bits per heavy atom. The minimum Gasteiger partial charge on any atom is -0.325 e. The van der Waals surface area contributed by atoms with Gasteiger partial charge in [-0.2, -0.15) is 0 Å². The zero-order valence-electron chi connectivity index (χ0n) is 17.2. The summed E-state index contributed by atoms with van der Waals surface area (Å²) in [6.07, 6.45) is 7.03. The molecular weight excluding hydrogens is 400 g/mol. The summed E-state index contributed by atoms with van der Waals surface area (Å²) in [6.45, 7) is 0.459. The molecule has 0 saturated carbocycles. The molecule has 5 rings (SSSR count). The van der Waals surface area contributed by atoms with Crippen LogP contribution in [0.5, 0.6) is 0 Å². The molecule has 4 aromatic rings. The van der Waals surface area contributed by atoms with E-state index in [2.05, 4.69) is 15.3 Å². The lowest BCUT2D eigenvalue weighted by molar-refractivity contribution is -0.115. The first-order chi connectivity index (χ1) is 15.7. The fraction of sp³-hybridized carbons (Fsp3) is 0.0769. The van der Waals surface area contributed by atoms with Crippen LogP contribution in [0.15, 0.2) is 91.5 Å². The number of hydrogen-bond acceptors (Lipinski definition) is 4. The van der Waals surface area contributed by atoms with E-state index >= 15 is 0 Å². The molecule has 0 fully saturated rings. The van der Waals surface area contributed by atoms with E-state index in [0.717, 1.165) is 27.9 Å². The minimum atomic E-state index is -0.183. The summed E-state index contributed by atoms with van der Waals surface area (Å²) >= 11 is 0. The third-order valence-electron chi connectivity index (χ3n) is 5.47. The number of benzene rings is 2. The summed E-state index contributed by atoms with van der Waals surface area (Å²) in [6, 6.07) is 21.0. The van der Waals surface area contributed by atoms with Crippen molar-refractivity contribution in [3.63, 3.8) is 0 Å². The second kappa shape index (κ2) is 8.43. The molecule has 6 nitrogen and oxygen atoms in total. The SMILES string of the molecule is O=C(Cc1cccnc1)Nc1cccc2c1C(=O)N(c1cccc(-c3ccncc3)c1)C2. The van der Waals surface area contributed by atoms with Crippen molar-refractivity contribution in [3.8, 4) is 11.1 Å². The number of carbonyl (C=O) groups excluding carboxylic acids is 2. The zero-order chi connectivity index (χ0) is 21.9. The van der Waals surface area contributed by atoms with Crippen LogP contribution in [-0.4, -0.2) is 21.8 Å². The quantitative estimate of drug-likeness (QED) is 0.516.